The molecule has 1 amide bonds. The van der Waals surface area contributed by atoms with E-state index in [0.717, 1.165) is 47.7 Å². The molecule has 2 heterocycles. The van der Waals surface area contributed by atoms with Crippen LogP contribution in [-0.4, -0.2) is 29.0 Å². The molecule has 1 aromatic heterocycles. The third-order valence-electron chi connectivity index (χ3n) is 5.12. The lowest BCUT2D eigenvalue weighted by Crippen LogP contribution is -2.41. The van der Waals surface area contributed by atoms with E-state index in [1.165, 1.54) is 0 Å². The molecular weight excluding hydrogens is 348 g/mol. The normalized spacial score (nSPS) is 16.6. The van der Waals surface area contributed by atoms with Crippen molar-refractivity contribution in [2.75, 3.05) is 23.3 Å². The maximum atomic E-state index is 12.8. The van der Waals surface area contributed by atoms with Crippen LogP contribution in [0, 0.1) is 12.8 Å². The van der Waals surface area contributed by atoms with E-state index in [1.807, 2.05) is 67.6 Å². The summed E-state index contributed by atoms with van der Waals surface area (Å²) in [5, 5.41) is 3.06. The Hall–Kier alpha value is -3.21. The van der Waals surface area contributed by atoms with Crippen LogP contribution in [0.4, 0.5) is 11.5 Å². The fraction of sp³-hybridized carbons (Fsp3) is 0.261. The zero-order chi connectivity index (χ0) is 19.3. The molecule has 0 aliphatic carbocycles. The highest BCUT2D eigenvalue weighted by Gasteiger charge is 2.27. The molecule has 5 nitrogen and oxygen atoms in total. The molecule has 1 aliphatic heterocycles. The number of hydrogen-bond acceptors (Lipinski definition) is 4. The Morgan fingerprint density at radius 1 is 1.07 bits per heavy atom. The Labute approximate surface area is 165 Å². The average molecular weight is 372 g/mol. The molecule has 1 unspecified atom stereocenters. The molecule has 4 rings (SSSR count). The van der Waals surface area contributed by atoms with Crippen molar-refractivity contribution in [3.8, 4) is 11.3 Å². The number of aryl methyl sites for hydroxylation is 1. The van der Waals surface area contributed by atoms with Crippen molar-refractivity contribution in [3.05, 3.63) is 72.6 Å². The molecule has 28 heavy (non-hydrogen) atoms. The Bertz CT molecular complexity index is 958. The molecule has 0 bridgehead atoms. The first-order valence-electron chi connectivity index (χ1n) is 9.69. The van der Waals surface area contributed by atoms with E-state index in [1.54, 1.807) is 6.33 Å². The molecule has 2 aromatic carbocycles. The molecule has 1 aliphatic rings. The van der Waals surface area contributed by atoms with Crippen LogP contribution in [0.2, 0.25) is 0 Å². The average Bonchev–Trinajstić information content (AvgIpc) is 2.74. The van der Waals surface area contributed by atoms with Crippen LogP contribution in [0.3, 0.4) is 0 Å². The van der Waals surface area contributed by atoms with Crippen LogP contribution in [0.5, 0.6) is 0 Å². The standard InChI is InChI=1S/C23H24N4O/c1-17-7-5-11-20(13-17)26-23(28)19-10-6-12-27(15-19)22-14-21(24-16-25-22)18-8-3-2-4-9-18/h2-5,7-9,11,13-14,16,19H,6,10,12,15H2,1H3,(H,26,28). The van der Waals surface area contributed by atoms with E-state index >= 15 is 0 Å². The summed E-state index contributed by atoms with van der Waals surface area (Å²) in [6.07, 6.45) is 3.47. The number of piperidine rings is 1. The number of carbonyl (C=O) groups excluding carboxylic acids is 1. The summed E-state index contributed by atoms with van der Waals surface area (Å²) in [5.41, 5.74) is 3.96. The Kier molecular flexibility index (Phi) is 5.33. The van der Waals surface area contributed by atoms with Gasteiger partial charge in [-0.05, 0) is 37.5 Å². The summed E-state index contributed by atoms with van der Waals surface area (Å²) in [6.45, 7) is 3.60. The highest BCUT2D eigenvalue weighted by atomic mass is 16.1. The van der Waals surface area contributed by atoms with Crippen LogP contribution in [0.1, 0.15) is 18.4 Å². The van der Waals surface area contributed by atoms with Gasteiger partial charge in [-0.2, -0.15) is 0 Å². The third kappa shape index (κ3) is 4.19. The van der Waals surface area contributed by atoms with E-state index in [4.69, 9.17) is 0 Å². The number of aromatic nitrogens is 2. The van der Waals surface area contributed by atoms with Gasteiger partial charge in [0.15, 0.2) is 0 Å². The van der Waals surface area contributed by atoms with Gasteiger partial charge in [-0.1, -0.05) is 42.5 Å². The van der Waals surface area contributed by atoms with Gasteiger partial charge in [-0.3, -0.25) is 4.79 Å². The highest BCUT2D eigenvalue weighted by Crippen LogP contribution is 2.25. The second kappa shape index (κ2) is 8.21. The van der Waals surface area contributed by atoms with Gasteiger partial charge in [0.25, 0.3) is 0 Å². The van der Waals surface area contributed by atoms with E-state index in [0.29, 0.717) is 6.54 Å². The van der Waals surface area contributed by atoms with E-state index in [-0.39, 0.29) is 11.8 Å². The number of nitrogens with one attached hydrogen (secondary N) is 1. The smallest absolute Gasteiger partial charge is 0.229 e. The van der Waals surface area contributed by atoms with E-state index in [2.05, 4.69) is 20.2 Å². The molecule has 0 radical (unpaired) electrons. The van der Waals surface area contributed by atoms with E-state index in [9.17, 15) is 4.79 Å². The first kappa shape index (κ1) is 18.2. The Balaban J connectivity index is 1.47. The lowest BCUT2D eigenvalue weighted by molar-refractivity contribution is -0.120. The van der Waals surface area contributed by atoms with Crippen molar-refractivity contribution in [1.29, 1.82) is 0 Å². The van der Waals surface area contributed by atoms with Crippen LogP contribution >= 0.6 is 0 Å². The molecule has 142 valence electrons. The van der Waals surface area contributed by atoms with Crippen molar-refractivity contribution in [1.82, 2.24) is 9.97 Å². The highest BCUT2D eigenvalue weighted by molar-refractivity contribution is 5.93. The largest absolute Gasteiger partial charge is 0.356 e. The van der Waals surface area contributed by atoms with Crippen LogP contribution in [0.25, 0.3) is 11.3 Å². The minimum absolute atomic E-state index is 0.0515. The predicted molar refractivity (Wildman–Crippen MR) is 112 cm³/mol. The van der Waals surface area contributed by atoms with Gasteiger partial charge in [-0.15, -0.1) is 0 Å². The van der Waals surface area contributed by atoms with Crippen molar-refractivity contribution >= 4 is 17.4 Å². The molecular formula is C23H24N4O. The Morgan fingerprint density at radius 2 is 1.93 bits per heavy atom. The van der Waals surface area contributed by atoms with Gasteiger partial charge in [0.2, 0.25) is 5.91 Å². The first-order valence-corrected chi connectivity index (χ1v) is 9.69. The van der Waals surface area contributed by atoms with Crippen molar-refractivity contribution in [2.45, 2.75) is 19.8 Å². The zero-order valence-corrected chi connectivity index (χ0v) is 16.0. The Morgan fingerprint density at radius 3 is 2.75 bits per heavy atom. The minimum atomic E-state index is -0.0515. The van der Waals surface area contributed by atoms with Crippen molar-refractivity contribution in [2.24, 2.45) is 5.92 Å². The maximum absolute atomic E-state index is 12.8. The number of nitrogens with zero attached hydrogens (tertiary/aromatic N) is 3. The molecule has 1 fully saturated rings. The summed E-state index contributed by atoms with van der Waals surface area (Å²) in [7, 11) is 0. The first-order chi connectivity index (χ1) is 13.7. The van der Waals surface area contributed by atoms with Crippen LogP contribution in [0.15, 0.2) is 67.0 Å². The molecule has 5 heteroatoms. The van der Waals surface area contributed by atoms with Gasteiger partial charge in [-0.25, -0.2) is 9.97 Å². The van der Waals surface area contributed by atoms with E-state index < -0.39 is 0 Å². The predicted octanol–water partition coefficient (Wildman–Crippen LogP) is 4.31. The molecule has 1 saturated heterocycles. The number of amides is 1. The van der Waals surface area contributed by atoms with Crippen molar-refractivity contribution < 1.29 is 4.79 Å². The molecule has 1 N–H and O–H groups in total. The summed E-state index contributed by atoms with van der Waals surface area (Å²) in [6, 6.07) is 20.0. The fourth-order valence-electron chi connectivity index (χ4n) is 3.65. The summed E-state index contributed by atoms with van der Waals surface area (Å²) in [4.78, 5) is 23.8. The zero-order valence-electron chi connectivity index (χ0n) is 16.0. The maximum Gasteiger partial charge on any atom is 0.229 e. The molecule has 0 spiro atoms. The van der Waals surface area contributed by atoms with Gasteiger partial charge < -0.3 is 10.2 Å². The lowest BCUT2D eigenvalue weighted by Gasteiger charge is -2.33. The monoisotopic (exact) mass is 372 g/mol. The lowest BCUT2D eigenvalue weighted by atomic mass is 9.97. The summed E-state index contributed by atoms with van der Waals surface area (Å²) >= 11 is 0. The minimum Gasteiger partial charge on any atom is -0.356 e. The SMILES string of the molecule is Cc1cccc(NC(=O)C2CCCN(c3cc(-c4ccccc4)ncn3)C2)c1. The summed E-state index contributed by atoms with van der Waals surface area (Å²) < 4.78 is 0. The van der Waals surface area contributed by atoms with Crippen LogP contribution in [-0.2, 0) is 4.79 Å². The topological polar surface area (TPSA) is 58.1 Å². The number of benzene rings is 2. The number of rotatable bonds is 4. The second-order valence-electron chi connectivity index (χ2n) is 7.27. The quantitative estimate of drug-likeness (QED) is 0.741. The molecule has 3 aromatic rings. The van der Waals surface area contributed by atoms with Gasteiger partial charge in [0.1, 0.15) is 12.1 Å². The second-order valence-corrected chi connectivity index (χ2v) is 7.27. The van der Waals surface area contributed by atoms with Crippen LogP contribution < -0.4 is 10.2 Å². The van der Waals surface area contributed by atoms with Crippen molar-refractivity contribution in [3.63, 3.8) is 0 Å². The van der Waals surface area contributed by atoms with Gasteiger partial charge >= 0.3 is 0 Å². The third-order valence-corrected chi connectivity index (χ3v) is 5.12. The molecule has 0 saturated carbocycles. The number of anilines is 2. The van der Waals surface area contributed by atoms with Gasteiger partial charge in [0.05, 0.1) is 11.6 Å². The number of carbonyl (C=O) groups is 1. The van der Waals surface area contributed by atoms with Gasteiger partial charge in [0, 0.05) is 30.4 Å². The fourth-order valence-corrected chi connectivity index (χ4v) is 3.65. The summed E-state index contributed by atoms with van der Waals surface area (Å²) in [5.74, 6) is 0.902. The number of hydrogen-bond donors (Lipinski definition) is 1. The molecule has 1 atom stereocenters.